The minimum absolute atomic E-state index is 0.0327. The Bertz CT molecular complexity index is 1040. The molecule has 2 aliphatic rings. The molecule has 0 saturated carbocycles. The lowest BCUT2D eigenvalue weighted by Crippen LogP contribution is -2.46. The predicted molar refractivity (Wildman–Crippen MR) is 141 cm³/mol. The number of ether oxygens (including phenoxy) is 1. The van der Waals surface area contributed by atoms with Crippen LogP contribution in [0.3, 0.4) is 0 Å². The van der Waals surface area contributed by atoms with Gasteiger partial charge in [-0.05, 0) is 70.2 Å². The van der Waals surface area contributed by atoms with E-state index >= 15 is 0 Å². The summed E-state index contributed by atoms with van der Waals surface area (Å²) in [7, 11) is 0. The molecule has 1 aromatic rings. The average molecular weight is 531 g/mol. The molecule has 0 aromatic heterocycles. The molecule has 2 heterocycles. The molecule has 4 N–H and O–H groups in total. The van der Waals surface area contributed by atoms with Crippen molar-refractivity contribution in [2.75, 3.05) is 31.1 Å². The number of benzene rings is 1. The van der Waals surface area contributed by atoms with E-state index in [1.54, 1.807) is 54.8 Å². The Labute approximate surface area is 222 Å². The fourth-order valence-electron chi connectivity index (χ4n) is 4.15. The minimum Gasteiger partial charge on any atom is -0.460 e. The van der Waals surface area contributed by atoms with E-state index in [-0.39, 0.29) is 24.7 Å². The van der Waals surface area contributed by atoms with Gasteiger partial charge in [-0.2, -0.15) is 0 Å². The smallest absolute Gasteiger partial charge is 0.436 e. The van der Waals surface area contributed by atoms with E-state index < -0.39 is 29.7 Å². The molecule has 2 saturated heterocycles. The summed E-state index contributed by atoms with van der Waals surface area (Å²) in [5, 5.41) is 9.00. The first-order chi connectivity index (χ1) is 17.9. The number of oxime groups is 1. The van der Waals surface area contributed by atoms with Gasteiger partial charge in [-0.15, -0.1) is 0 Å². The molecule has 1 unspecified atom stereocenters. The maximum atomic E-state index is 12.8. The van der Waals surface area contributed by atoms with E-state index in [1.165, 1.54) is 0 Å². The van der Waals surface area contributed by atoms with Crippen molar-refractivity contribution in [3.8, 4) is 0 Å². The number of nitrogens with two attached hydrogens (primary N) is 1. The van der Waals surface area contributed by atoms with E-state index in [0.717, 1.165) is 12.8 Å². The zero-order valence-corrected chi connectivity index (χ0v) is 22.5. The van der Waals surface area contributed by atoms with Gasteiger partial charge < -0.3 is 30.9 Å². The minimum atomic E-state index is -0.681. The van der Waals surface area contributed by atoms with E-state index in [2.05, 4.69) is 22.7 Å². The van der Waals surface area contributed by atoms with Crippen molar-refractivity contribution >= 4 is 35.5 Å². The first-order valence-electron chi connectivity index (χ1n) is 12.9. The summed E-state index contributed by atoms with van der Waals surface area (Å²) in [6.07, 6.45) is 1.81. The molecular weight excluding hydrogens is 492 g/mol. The van der Waals surface area contributed by atoms with Crippen molar-refractivity contribution < 1.29 is 28.8 Å². The Morgan fingerprint density at radius 2 is 1.74 bits per heavy atom. The molecule has 0 aliphatic carbocycles. The SMILES string of the molecule is CC1CCN(C(=O)O/N=C(\N)c2ccc(N3CCC(NC(=O)NCCC(=O)OC(C)(C)C)C3=O)cc2)CC1. The number of carbonyl (C=O) groups is 4. The third-order valence-corrected chi connectivity index (χ3v) is 6.28. The fraction of sp³-hybridized carbons (Fsp3) is 0.577. The maximum Gasteiger partial charge on any atom is 0.436 e. The lowest BCUT2D eigenvalue weighted by Gasteiger charge is -2.28. The number of amides is 4. The number of hydrogen-bond donors (Lipinski definition) is 3. The second-order valence-corrected chi connectivity index (χ2v) is 10.6. The molecular formula is C26H38N6O6. The first kappa shape index (κ1) is 28.7. The lowest BCUT2D eigenvalue weighted by molar-refractivity contribution is -0.154. The number of nitrogens with zero attached hydrogens (tertiary/aromatic N) is 3. The van der Waals surface area contributed by atoms with Crippen LogP contribution >= 0.6 is 0 Å². The number of rotatable bonds is 7. The van der Waals surface area contributed by atoms with Crippen LogP contribution in [-0.4, -0.2) is 72.6 Å². The van der Waals surface area contributed by atoms with Gasteiger partial charge in [0.2, 0.25) is 5.91 Å². The van der Waals surface area contributed by atoms with E-state index in [9.17, 15) is 19.2 Å². The maximum absolute atomic E-state index is 12.8. The first-order valence-corrected chi connectivity index (χ1v) is 12.9. The normalized spacial score (nSPS) is 18.8. The Morgan fingerprint density at radius 1 is 1.08 bits per heavy atom. The number of nitrogens with one attached hydrogen (secondary N) is 2. The lowest BCUT2D eigenvalue weighted by atomic mass is 10.00. The second kappa shape index (κ2) is 12.6. The molecule has 0 radical (unpaired) electrons. The molecule has 2 aliphatic heterocycles. The Kier molecular flexibility index (Phi) is 9.54. The van der Waals surface area contributed by atoms with Gasteiger partial charge in [-0.25, -0.2) is 9.59 Å². The Morgan fingerprint density at radius 3 is 2.37 bits per heavy atom. The van der Waals surface area contributed by atoms with Crippen molar-refractivity contribution in [2.24, 2.45) is 16.8 Å². The van der Waals surface area contributed by atoms with Crippen LogP contribution in [-0.2, 0) is 19.2 Å². The number of likely N-dealkylation sites (tertiary alicyclic amines) is 1. The summed E-state index contributed by atoms with van der Waals surface area (Å²) in [5.41, 5.74) is 6.57. The molecule has 1 aromatic carbocycles. The molecule has 4 amide bonds. The number of esters is 1. The van der Waals surface area contributed by atoms with Gasteiger partial charge in [-0.3, -0.25) is 14.4 Å². The zero-order valence-electron chi connectivity index (χ0n) is 22.5. The number of hydrogen-bond acceptors (Lipinski definition) is 7. The van der Waals surface area contributed by atoms with E-state index in [1.807, 2.05) is 0 Å². The van der Waals surface area contributed by atoms with Crippen LogP contribution in [0.25, 0.3) is 0 Å². The van der Waals surface area contributed by atoms with Crippen LogP contribution < -0.4 is 21.3 Å². The van der Waals surface area contributed by atoms with E-state index in [0.29, 0.717) is 43.2 Å². The molecule has 12 nitrogen and oxygen atoms in total. The highest BCUT2D eigenvalue weighted by Crippen LogP contribution is 2.22. The summed E-state index contributed by atoms with van der Waals surface area (Å²) in [6.45, 7) is 9.27. The van der Waals surface area contributed by atoms with Gasteiger partial charge in [0, 0.05) is 37.4 Å². The molecule has 1 atom stereocenters. The number of urea groups is 1. The van der Waals surface area contributed by atoms with Crippen molar-refractivity contribution in [3.63, 3.8) is 0 Å². The molecule has 0 bridgehead atoms. The largest absolute Gasteiger partial charge is 0.460 e. The number of carbonyl (C=O) groups excluding carboxylic acids is 4. The van der Waals surface area contributed by atoms with Gasteiger partial charge >= 0.3 is 18.1 Å². The molecule has 38 heavy (non-hydrogen) atoms. The Balaban J connectivity index is 1.46. The molecule has 12 heteroatoms. The third-order valence-electron chi connectivity index (χ3n) is 6.28. The molecule has 0 spiro atoms. The van der Waals surface area contributed by atoms with Gasteiger partial charge in [0.1, 0.15) is 11.6 Å². The van der Waals surface area contributed by atoms with E-state index in [4.69, 9.17) is 15.3 Å². The highest BCUT2D eigenvalue weighted by molar-refractivity contribution is 6.02. The fourth-order valence-corrected chi connectivity index (χ4v) is 4.15. The summed E-state index contributed by atoms with van der Waals surface area (Å²) in [6, 6.07) is 5.59. The number of piperidine rings is 1. The number of anilines is 1. The van der Waals surface area contributed by atoms with Crippen molar-refractivity contribution in [3.05, 3.63) is 29.8 Å². The summed E-state index contributed by atoms with van der Waals surface area (Å²) in [5.74, 6) is -0.0189. The number of amidine groups is 1. The van der Waals surface area contributed by atoms with Gasteiger partial charge in [-0.1, -0.05) is 12.1 Å². The van der Waals surface area contributed by atoms with Gasteiger partial charge in [0.25, 0.3) is 0 Å². The van der Waals surface area contributed by atoms with Crippen LogP contribution in [0.4, 0.5) is 15.3 Å². The summed E-state index contributed by atoms with van der Waals surface area (Å²) < 4.78 is 5.20. The Hall–Kier alpha value is -3.83. The van der Waals surface area contributed by atoms with Crippen molar-refractivity contribution in [1.82, 2.24) is 15.5 Å². The standard InChI is InChI=1S/C26H38N6O6/c1-17-10-14-31(15-11-17)25(36)38-30-22(27)18-5-7-19(8-6-18)32-16-12-20(23(32)34)29-24(35)28-13-9-21(33)37-26(2,3)4/h5-8,17,20H,9-16H2,1-4H3,(H2,27,30)(H2,28,29,35). The van der Waals surface area contributed by atoms with Crippen LogP contribution in [0, 0.1) is 5.92 Å². The molecule has 2 fully saturated rings. The average Bonchev–Trinajstić information content (AvgIpc) is 3.21. The highest BCUT2D eigenvalue weighted by atomic mass is 16.7. The monoisotopic (exact) mass is 530 g/mol. The van der Waals surface area contributed by atoms with Crippen molar-refractivity contribution in [2.45, 2.75) is 65.0 Å². The third kappa shape index (κ3) is 8.35. The summed E-state index contributed by atoms with van der Waals surface area (Å²) >= 11 is 0. The molecule has 208 valence electrons. The second-order valence-electron chi connectivity index (χ2n) is 10.6. The van der Waals surface area contributed by atoms with Crippen molar-refractivity contribution in [1.29, 1.82) is 0 Å². The van der Waals surface area contributed by atoms with Gasteiger partial charge in [0.05, 0.1) is 6.42 Å². The topological polar surface area (TPSA) is 156 Å². The zero-order chi connectivity index (χ0) is 27.9. The van der Waals surface area contributed by atoms with Crippen LogP contribution in [0.5, 0.6) is 0 Å². The highest BCUT2D eigenvalue weighted by Gasteiger charge is 2.33. The van der Waals surface area contributed by atoms with Crippen LogP contribution in [0.2, 0.25) is 0 Å². The van der Waals surface area contributed by atoms with Crippen LogP contribution in [0.15, 0.2) is 29.4 Å². The van der Waals surface area contributed by atoms with Gasteiger partial charge in [0.15, 0.2) is 5.84 Å². The molecule has 3 rings (SSSR count). The quantitative estimate of drug-likeness (QED) is 0.161. The predicted octanol–water partition coefficient (Wildman–Crippen LogP) is 2.31. The van der Waals surface area contributed by atoms with Crippen LogP contribution in [0.1, 0.15) is 58.9 Å². The summed E-state index contributed by atoms with van der Waals surface area (Å²) in [4.78, 5) is 57.2.